The van der Waals surface area contributed by atoms with Gasteiger partial charge >= 0.3 is 5.97 Å². The van der Waals surface area contributed by atoms with Crippen molar-refractivity contribution in [3.63, 3.8) is 0 Å². The van der Waals surface area contributed by atoms with Gasteiger partial charge in [-0.25, -0.2) is 4.79 Å². The van der Waals surface area contributed by atoms with Crippen LogP contribution in [0, 0.1) is 5.92 Å². The summed E-state index contributed by atoms with van der Waals surface area (Å²) in [5.74, 6) is -0.537. The molecule has 1 aromatic carbocycles. The SMILES string of the molecule is O=C(COC(=O)C1(O)CCCC1)N[C@H](c1ccccc1)C1CC1. The third-order valence-electron chi connectivity index (χ3n) is 4.71. The number of ether oxygens (including phenoxy) is 1. The Morgan fingerprint density at radius 1 is 1.22 bits per heavy atom. The van der Waals surface area contributed by atoms with Gasteiger partial charge in [-0.2, -0.15) is 0 Å². The molecule has 1 atom stereocenters. The van der Waals surface area contributed by atoms with Gasteiger partial charge in [-0.05, 0) is 50.0 Å². The molecule has 0 saturated heterocycles. The zero-order valence-electron chi connectivity index (χ0n) is 13.2. The van der Waals surface area contributed by atoms with Gasteiger partial charge in [0.15, 0.2) is 12.2 Å². The first-order valence-electron chi connectivity index (χ1n) is 8.32. The van der Waals surface area contributed by atoms with Crippen molar-refractivity contribution < 1.29 is 19.4 Å². The Bertz CT molecular complexity index is 562. The van der Waals surface area contributed by atoms with Gasteiger partial charge in [-0.15, -0.1) is 0 Å². The first kappa shape index (κ1) is 16.0. The van der Waals surface area contributed by atoms with E-state index in [9.17, 15) is 14.7 Å². The van der Waals surface area contributed by atoms with Crippen LogP contribution in [0.4, 0.5) is 0 Å². The lowest BCUT2D eigenvalue weighted by molar-refractivity contribution is -0.167. The maximum absolute atomic E-state index is 12.1. The first-order valence-corrected chi connectivity index (χ1v) is 8.32. The fourth-order valence-corrected chi connectivity index (χ4v) is 3.21. The van der Waals surface area contributed by atoms with Crippen LogP contribution in [0.25, 0.3) is 0 Å². The van der Waals surface area contributed by atoms with E-state index in [2.05, 4.69) is 5.32 Å². The predicted molar refractivity (Wildman–Crippen MR) is 84.4 cm³/mol. The molecule has 1 aromatic rings. The minimum Gasteiger partial charge on any atom is -0.453 e. The van der Waals surface area contributed by atoms with Crippen molar-refractivity contribution >= 4 is 11.9 Å². The number of esters is 1. The molecule has 124 valence electrons. The minimum atomic E-state index is -1.39. The van der Waals surface area contributed by atoms with Gasteiger partial charge < -0.3 is 15.2 Å². The third kappa shape index (κ3) is 3.91. The molecule has 3 rings (SSSR count). The van der Waals surface area contributed by atoms with E-state index in [1.54, 1.807) is 0 Å². The van der Waals surface area contributed by atoms with Crippen LogP contribution in [0.5, 0.6) is 0 Å². The van der Waals surface area contributed by atoms with Gasteiger partial charge in [0.25, 0.3) is 5.91 Å². The Labute approximate surface area is 136 Å². The second kappa shape index (κ2) is 6.71. The minimum absolute atomic E-state index is 0.0306. The van der Waals surface area contributed by atoms with Crippen LogP contribution in [0.15, 0.2) is 30.3 Å². The third-order valence-corrected chi connectivity index (χ3v) is 4.71. The summed E-state index contributed by atoms with van der Waals surface area (Å²) in [5, 5.41) is 13.1. The van der Waals surface area contributed by atoms with E-state index < -0.39 is 11.6 Å². The van der Waals surface area contributed by atoms with Crippen molar-refractivity contribution in [3.05, 3.63) is 35.9 Å². The molecule has 2 saturated carbocycles. The van der Waals surface area contributed by atoms with Gasteiger partial charge in [0.1, 0.15) is 0 Å². The van der Waals surface area contributed by atoms with Crippen LogP contribution < -0.4 is 5.32 Å². The van der Waals surface area contributed by atoms with Crippen LogP contribution >= 0.6 is 0 Å². The van der Waals surface area contributed by atoms with Crippen LogP contribution in [0.3, 0.4) is 0 Å². The number of aliphatic hydroxyl groups is 1. The van der Waals surface area contributed by atoms with Crippen molar-refractivity contribution in [3.8, 4) is 0 Å². The molecule has 2 fully saturated rings. The van der Waals surface area contributed by atoms with Gasteiger partial charge in [0, 0.05) is 0 Å². The molecule has 2 aliphatic rings. The van der Waals surface area contributed by atoms with Crippen molar-refractivity contribution in [1.82, 2.24) is 5.32 Å². The Hall–Kier alpha value is -1.88. The Balaban J connectivity index is 1.53. The van der Waals surface area contributed by atoms with Crippen LogP contribution in [-0.2, 0) is 14.3 Å². The van der Waals surface area contributed by atoms with E-state index in [0.717, 1.165) is 31.2 Å². The quantitative estimate of drug-likeness (QED) is 0.788. The van der Waals surface area contributed by atoms with Crippen LogP contribution in [0.1, 0.15) is 50.1 Å². The van der Waals surface area contributed by atoms with Gasteiger partial charge in [-0.1, -0.05) is 30.3 Å². The molecular weight excluding hydrogens is 294 g/mol. The first-order chi connectivity index (χ1) is 11.1. The number of hydrogen-bond donors (Lipinski definition) is 2. The monoisotopic (exact) mass is 317 g/mol. The lowest BCUT2D eigenvalue weighted by atomic mass is 10.0. The summed E-state index contributed by atoms with van der Waals surface area (Å²) in [6, 6.07) is 9.81. The lowest BCUT2D eigenvalue weighted by Gasteiger charge is -2.21. The normalized spacial score (nSPS) is 20.7. The molecule has 5 nitrogen and oxygen atoms in total. The number of hydrogen-bond acceptors (Lipinski definition) is 4. The summed E-state index contributed by atoms with van der Waals surface area (Å²) in [4.78, 5) is 24.0. The molecular formula is C18H23NO4. The van der Waals surface area contributed by atoms with Gasteiger partial charge in [0.2, 0.25) is 0 Å². The van der Waals surface area contributed by atoms with Crippen LogP contribution in [0.2, 0.25) is 0 Å². The average Bonchev–Trinajstić information content (AvgIpc) is 3.31. The lowest BCUT2D eigenvalue weighted by Crippen LogP contribution is -2.40. The molecule has 0 unspecified atom stereocenters. The molecule has 23 heavy (non-hydrogen) atoms. The molecule has 0 spiro atoms. The molecule has 0 heterocycles. The molecule has 0 aliphatic heterocycles. The zero-order valence-corrected chi connectivity index (χ0v) is 13.2. The Morgan fingerprint density at radius 2 is 1.87 bits per heavy atom. The van der Waals surface area contributed by atoms with Crippen molar-refractivity contribution in [2.24, 2.45) is 5.92 Å². The largest absolute Gasteiger partial charge is 0.453 e. The fourth-order valence-electron chi connectivity index (χ4n) is 3.21. The molecule has 1 amide bonds. The maximum atomic E-state index is 12.1. The van der Waals surface area contributed by atoms with Gasteiger partial charge in [0.05, 0.1) is 6.04 Å². The van der Waals surface area contributed by atoms with Gasteiger partial charge in [-0.3, -0.25) is 4.79 Å². The van der Waals surface area contributed by atoms with E-state index in [1.807, 2.05) is 30.3 Å². The number of nitrogens with one attached hydrogen (secondary N) is 1. The van der Waals surface area contributed by atoms with E-state index >= 15 is 0 Å². The second-order valence-electron chi connectivity index (χ2n) is 6.61. The van der Waals surface area contributed by atoms with Crippen molar-refractivity contribution in [1.29, 1.82) is 0 Å². The fraction of sp³-hybridized carbons (Fsp3) is 0.556. The van der Waals surface area contributed by atoms with E-state index in [1.165, 1.54) is 0 Å². The molecule has 0 bridgehead atoms. The summed E-state index contributed by atoms with van der Waals surface area (Å²) >= 11 is 0. The zero-order chi connectivity index (χ0) is 16.3. The number of carbonyl (C=O) groups excluding carboxylic acids is 2. The van der Waals surface area contributed by atoms with E-state index in [-0.39, 0.29) is 18.6 Å². The Morgan fingerprint density at radius 3 is 2.48 bits per heavy atom. The highest BCUT2D eigenvalue weighted by Gasteiger charge is 2.41. The molecule has 0 aromatic heterocycles. The highest BCUT2D eigenvalue weighted by Crippen LogP contribution is 2.40. The standard InChI is InChI=1S/C18H23NO4/c20-15(12-23-17(21)18(22)10-4-5-11-18)19-16(14-8-9-14)13-6-2-1-3-7-13/h1-3,6-7,14,16,22H,4-5,8-12H2,(H,19,20)/t16-/m1/s1. The Kier molecular flexibility index (Phi) is 4.66. The number of amides is 1. The highest BCUT2D eigenvalue weighted by atomic mass is 16.6. The molecule has 2 N–H and O–H groups in total. The number of benzene rings is 1. The average molecular weight is 317 g/mol. The predicted octanol–water partition coefficient (Wildman–Crippen LogP) is 2.10. The van der Waals surface area contributed by atoms with E-state index in [4.69, 9.17) is 4.74 Å². The summed E-state index contributed by atoms with van der Waals surface area (Å²) in [5.41, 5.74) is -0.320. The number of rotatable bonds is 6. The molecule has 5 heteroatoms. The maximum Gasteiger partial charge on any atom is 0.338 e. The summed E-state index contributed by atoms with van der Waals surface area (Å²) in [6.45, 7) is -0.336. The second-order valence-corrected chi connectivity index (χ2v) is 6.61. The summed E-state index contributed by atoms with van der Waals surface area (Å²) in [7, 11) is 0. The molecule has 0 radical (unpaired) electrons. The van der Waals surface area contributed by atoms with E-state index in [0.29, 0.717) is 18.8 Å². The van der Waals surface area contributed by atoms with Crippen LogP contribution in [-0.4, -0.2) is 29.2 Å². The topological polar surface area (TPSA) is 75.6 Å². The van der Waals surface area contributed by atoms with Crippen molar-refractivity contribution in [2.45, 2.75) is 50.2 Å². The summed E-state index contributed by atoms with van der Waals surface area (Å²) in [6.07, 6.45) is 4.66. The number of carbonyl (C=O) groups is 2. The highest BCUT2D eigenvalue weighted by molar-refractivity contribution is 5.84. The smallest absolute Gasteiger partial charge is 0.338 e. The summed E-state index contributed by atoms with van der Waals surface area (Å²) < 4.78 is 5.03. The van der Waals surface area contributed by atoms with Crippen molar-refractivity contribution in [2.75, 3.05) is 6.61 Å². The molecule has 2 aliphatic carbocycles.